The van der Waals surface area contributed by atoms with Crippen LogP contribution in [0.2, 0.25) is 0 Å². The van der Waals surface area contributed by atoms with E-state index in [2.05, 4.69) is 4.98 Å². The van der Waals surface area contributed by atoms with Gasteiger partial charge in [-0.05, 0) is 75.3 Å². The first-order valence-electron chi connectivity index (χ1n) is 16.3. The molecule has 1 aromatic rings. The summed E-state index contributed by atoms with van der Waals surface area (Å²) in [6.45, 7) is 16.1. The van der Waals surface area contributed by atoms with Crippen molar-refractivity contribution >= 4 is 28.1 Å². The van der Waals surface area contributed by atoms with Gasteiger partial charge < -0.3 is 28.0 Å². The lowest BCUT2D eigenvalue weighted by molar-refractivity contribution is -0.161. The largest absolute Gasteiger partial charge is 0.438 e. The van der Waals surface area contributed by atoms with E-state index in [1.807, 2.05) is 38.4 Å². The highest BCUT2D eigenvalue weighted by Crippen LogP contribution is 2.53. The van der Waals surface area contributed by atoms with E-state index in [1.54, 1.807) is 41.5 Å². The van der Waals surface area contributed by atoms with Crippen molar-refractivity contribution in [1.82, 2.24) is 14.2 Å². The van der Waals surface area contributed by atoms with E-state index in [-0.39, 0.29) is 25.1 Å². The molecule has 0 aliphatic carbocycles. The summed E-state index contributed by atoms with van der Waals surface area (Å²) in [6.07, 6.45) is -1.70. The number of esters is 2. The highest BCUT2D eigenvalue weighted by Gasteiger charge is 2.49. The predicted molar refractivity (Wildman–Crippen MR) is 186 cm³/mol. The van der Waals surface area contributed by atoms with Gasteiger partial charge in [-0.1, -0.05) is 0 Å². The van der Waals surface area contributed by atoms with Crippen LogP contribution < -0.4 is 11.2 Å². The number of ether oxygens (including phenoxy) is 4. The van der Waals surface area contributed by atoms with Gasteiger partial charge in [-0.15, -0.1) is 0 Å². The van der Waals surface area contributed by atoms with Crippen LogP contribution in [-0.4, -0.2) is 83.9 Å². The first kappa shape index (κ1) is 44.4. The Morgan fingerprint density at radius 2 is 1.59 bits per heavy atom. The third-order valence-electron chi connectivity index (χ3n) is 7.03. The highest BCUT2D eigenvalue weighted by molar-refractivity contribution is 7.57. The van der Waals surface area contributed by atoms with Crippen LogP contribution in [0.1, 0.15) is 81.9 Å². The van der Waals surface area contributed by atoms with Crippen LogP contribution in [-0.2, 0) is 51.2 Å². The lowest BCUT2D eigenvalue weighted by Crippen LogP contribution is -2.41. The summed E-state index contributed by atoms with van der Waals surface area (Å²) in [5.74, 6) is -0.228. The molecule has 2 rings (SSSR count). The van der Waals surface area contributed by atoms with Crippen molar-refractivity contribution in [3.8, 4) is 6.07 Å². The molecule has 17 nitrogen and oxygen atoms in total. The van der Waals surface area contributed by atoms with Crippen LogP contribution >= 0.6 is 16.1 Å². The van der Waals surface area contributed by atoms with Crippen LogP contribution in [0, 0.1) is 22.2 Å². The van der Waals surface area contributed by atoms with Gasteiger partial charge in [0.15, 0.2) is 6.23 Å². The van der Waals surface area contributed by atoms with Crippen LogP contribution in [0.25, 0.3) is 0 Å². The van der Waals surface area contributed by atoms with Crippen molar-refractivity contribution in [1.29, 1.82) is 5.26 Å². The average Bonchev–Trinajstić information content (AvgIpc) is 3.35. The summed E-state index contributed by atoms with van der Waals surface area (Å²) >= 11 is 0. The third kappa shape index (κ3) is 13.3. The number of nitrogens with one attached hydrogen (secondary N) is 1. The second kappa shape index (κ2) is 19.3. The first-order chi connectivity index (χ1) is 23.6. The molecule has 19 heteroatoms. The molecule has 0 spiro atoms. The fourth-order valence-electron chi connectivity index (χ4n) is 4.49. The molecule has 0 amide bonds. The van der Waals surface area contributed by atoms with Gasteiger partial charge in [0.2, 0.25) is 13.6 Å². The number of H-pyrrole nitrogens is 1. The van der Waals surface area contributed by atoms with E-state index in [0.717, 1.165) is 16.5 Å². The normalized spacial score (nSPS) is 20.6. The Balaban J connectivity index is 2.59. The molecule has 2 heterocycles. The van der Waals surface area contributed by atoms with Gasteiger partial charge in [0.25, 0.3) is 14.1 Å². The molecule has 0 saturated carbocycles. The zero-order valence-corrected chi connectivity index (χ0v) is 32.9. The summed E-state index contributed by atoms with van der Waals surface area (Å²) < 4.78 is 63.0. The molecular formula is C32H52N4O13P2. The van der Waals surface area contributed by atoms with Crippen LogP contribution in [0.3, 0.4) is 0 Å². The quantitative estimate of drug-likeness (QED) is 0.0909. The second-order valence-corrected chi connectivity index (χ2v) is 17.4. The molecule has 1 saturated heterocycles. The van der Waals surface area contributed by atoms with Crippen molar-refractivity contribution in [2.24, 2.45) is 10.8 Å². The Morgan fingerprint density at radius 1 is 1.04 bits per heavy atom. The number of rotatable bonds is 18. The molecule has 0 aromatic carbocycles. The number of aromatic nitrogens is 2. The fourth-order valence-corrected chi connectivity index (χ4v) is 7.27. The number of carbonyl (C=O) groups is 2. The first-order valence-corrected chi connectivity index (χ1v) is 19.1. The maximum absolute atomic E-state index is 14.0. The van der Waals surface area contributed by atoms with Gasteiger partial charge in [-0.2, -0.15) is 5.26 Å². The predicted octanol–water partition coefficient (Wildman–Crippen LogP) is 4.94. The molecule has 0 bridgehead atoms. The molecule has 1 N–H and O–H groups in total. The minimum atomic E-state index is -4.36. The number of nitriles is 1. The summed E-state index contributed by atoms with van der Waals surface area (Å²) in [7, 11) is -4.86. The molecule has 3 unspecified atom stereocenters. The molecule has 1 aliphatic heterocycles. The summed E-state index contributed by atoms with van der Waals surface area (Å²) in [5, 5.41) is 9.17. The van der Waals surface area contributed by atoms with Crippen molar-refractivity contribution in [3.05, 3.63) is 45.0 Å². The van der Waals surface area contributed by atoms with E-state index < -0.39 is 88.3 Å². The monoisotopic (exact) mass is 762 g/mol. The molecule has 0 radical (unpaired) electrons. The number of methoxy groups -OCH3 is 1. The molecule has 5 atom stereocenters. The maximum atomic E-state index is 14.0. The Labute approximate surface area is 300 Å². The van der Waals surface area contributed by atoms with Gasteiger partial charge in [0, 0.05) is 37.3 Å². The SMILES string of the molecule is COC1C(OP(OCCC#N)N(C(C)C)C(C)C)[C@@H](/C=C/P(=O)(OCOC(=O)C(C)(C)C)OCOC(=O)C(C)(C)C)O[C@H]1n1ccc(=O)[nH]c1=O. The van der Waals surface area contributed by atoms with Crippen LogP contribution in [0.4, 0.5) is 0 Å². The molecule has 288 valence electrons. The Bertz CT molecular complexity index is 1500. The summed E-state index contributed by atoms with van der Waals surface area (Å²) in [6, 6.07) is 3.05. The van der Waals surface area contributed by atoms with E-state index >= 15 is 0 Å². The summed E-state index contributed by atoms with van der Waals surface area (Å²) in [5.41, 5.74) is -3.17. The van der Waals surface area contributed by atoms with Crippen molar-refractivity contribution in [2.75, 3.05) is 27.3 Å². The number of nitrogens with zero attached hydrogens (tertiary/aromatic N) is 3. The number of hydrogen-bond donors (Lipinski definition) is 1. The Hall–Kier alpha value is -2.77. The smallest absolute Gasteiger partial charge is 0.359 e. The van der Waals surface area contributed by atoms with Crippen molar-refractivity contribution in [3.63, 3.8) is 0 Å². The standard InChI is InChI=1S/C32H52N4O13P2/c1-21(2)36(22(3)4)50(45-17-12-15-33)49-25-23(48-27(26(25)42-11)35-16-13-24(37)34-30(35)40)14-18-51(41,46-19-43-28(38)31(5,6)7)47-20-44-29(39)32(8,9)10/h13-14,16,18,21-23,25-27H,12,17,19-20H2,1-11H3,(H,34,37,40)/b18-14+/t23-,25?,26?,27-,50?/m1/s1. The van der Waals surface area contributed by atoms with Gasteiger partial charge in [-0.25, -0.2) is 9.46 Å². The van der Waals surface area contributed by atoms with Crippen molar-refractivity contribution in [2.45, 2.75) is 112 Å². The van der Waals surface area contributed by atoms with Gasteiger partial charge in [0.1, 0.15) is 18.3 Å². The Morgan fingerprint density at radius 3 is 2.04 bits per heavy atom. The average molecular weight is 763 g/mol. The van der Waals surface area contributed by atoms with E-state index in [0.29, 0.717) is 0 Å². The zero-order chi connectivity index (χ0) is 38.7. The van der Waals surface area contributed by atoms with E-state index in [4.69, 9.17) is 42.3 Å². The topological polar surface area (TPSA) is 207 Å². The molecule has 1 fully saturated rings. The van der Waals surface area contributed by atoms with E-state index in [9.17, 15) is 23.7 Å². The minimum Gasteiger partial charge on any atom is -0.438 e. The zero-order valence-electron chi connectivity index (χ0n) is 31.1. The summed E-state index contributed by atoms with van der Waals surface area (Å²) in [4.78, 5) is 51.6. The number of hydrogen-bond acceptors (Lipinski definition) is 15. The van der Waals surface area contributed by atoms with Crippen LogP contribution in [0.5, 0.6) is 0 Å². The molecule has 1 aromatic heterocycles. The number of carbonyl (C=O) groups excluding carboxylic acids is 2. The molecule has 51 heavy (non-hydrogen) atoms. The maximum Gasteiger partial charge on any atom is 0.359 e. The second-order valence-electron chi connectivity index (χ2n) is 14.1. The van der Waals surface area contributed by atoms with Crippen molar-refractivity contribution < 1.29 is 51.2 Å². The van der Waals surface area contributed by atoms with Gasteiger partial charge in [-0.3, -0.25) is 37.5 Å². The molecule has 1 aliphatic rings. The van der Waals surface area contributed by atoms with E-state index in [1.165, 1.54) is 19.4 Å². The lowest BCUT2D eigenvalue weighted by atomic mass is 9.98. The third-order valence-corrected chi connectivity index (χ3v) is 10.6. The van der Waals surface area contributed by atoms with Crippen LogP contribution in [0.15, 0.2) is 33.7 Å². The molecular weight excluding hydrogens is 710 g/mol. The van der Waals surface area contributed by atoms with Gasteiger partial charge >= 0.3 is 25.2 Å². The van der Waals surface area contributed by atoms with Gasteiger partial charge in [0.05, 0.1) is 29.9 Å². The minimum absolute atomic E-state index is 0.0597. The lowest BCUT2D eigenvalue weighted by Gasteiger charge is -2.38. The highest BCUT2D eigenvalue weighted by atomic mass is 31.2. The Kier molecular flexibility index (Phi) is 16.8. The fraction of sp³-hybridized carbons (Fsp3) is 0.719. The number of aromatic amines is 1.